The summed E-state index contributed by atoms with van der Waals surface area (Å²) < 4.78 is 32.6. The van der Waals surface area contributed by atoms with Gasteiger partial charge in [0.2, 0.25) is 10.0 Å². The standard InChI is InChI=1S/C17H20ClNO4S/c1-12(13-3-7-15(23-2)8-4-13)17(11-20)19-24(21,22)16-9-5-14(18)6-10-16/h3-10,12,17,19-20H,11H2,1-2H3/t12-,17-/m1/s1. The molecule has 0 bridgehead atoms. The molecule has 2 aromatic rings. The Morgan fingerprint density at radius 3 is 2.21 bits per heavy atom. The third-order valence-corrected chi connectivity index (χ3v) is 5.63. The first-order chi connectivity index (χ1) is 11.4. The van der Waals surface area contributed by atoms with Crippen molar-refractivity contribution in [1.82, 2.24) is 4.72 Å². The number of methoxy groups -OCH3 is 1. The topological polar surface area (TPSA) is 75.6 Å². The number of aliphatic hydroxyl groups excluding tert-OH is 1. The van der Waals surface area contributed by atoms with Crippen LogP contribution in [-0.4, -0.2) is 33.3 Å². The molecule has 130 valence electrons. The normalized spacial score (nSPS) is 14.2. The lowest BCUT2D eigenvalue weighted by Gasteiger charge is -2.23. The van der Waals surface area contributed by atoms with Crippen molar-refractivity contribution in [2.24, 2.45) is 0 Å². The average Bonchev–Trinajstić information content (AvgIpc) is 2.59. The predicted molar refractivity (Wildman–Crippen MR) is 94.1 cm³/mol. The largest absolute Gasteiger partial charge is 0.497 e. The van der Waals surface area contributed by atoms with E-state index in [4.69, 9.17) is 16.3 Å². The molecular formula is C17H20ClNO4S. The minimum atomic E-state index is -3.75. The number of benzene rings is 2. The van der Waals surface area contributed by atoms with Gasteiger partial charge in [-0.3, -0.25) is 0 Å². The molecule has 0 aliphatic carbocycles. The number of hydrogen-bond donors (Lipinski definition) is 2. The molecule has 24 heavy (non-hydrogen) atoms. The van der Waals surface area contributed by atoms with Gasteiger partial charge in [-0.1, -0.05) is 30.7 Å². The number of ether oxygens (including phenoxy) is 1. The minimum absolute atomic E-state index is 0.104. The van der Waals surface area contributed by atoms with Gasteiger partial charge in [0.15, 0.2) is 0 Å². The molecule has 0 aromatic heterocycles. The fraction of sp³-hybridized carbons (Fsp3) is 0.294. The highest BCUT2D eigenvalue weighted by Gasteiger charge is 2.25. The van der Waals surface area contributed by atoms with Crippen molar-refractivity contribution in [2.75, 3.05) is 13.7 Å². The van der Waals surface area contributed by atoms with E-state index in [2.05, 4.69) is 4.72 Å². The third-order valence-electron chi connectivity index (χ3n) is 3.87. The number of halogens is 1. The van der Waals surface area contributed by atoms with Crippen molar-refractivity contribution < 1.29 is 18.3 Å². The Bertz CT molecular complexity index is 760. The van der Waals surface area contributed by atoms with Crippen LogP contribution in [0, 0.1) is 0 Å². The molecule has 2 rings (SSSR count). The van der Waals surface area contributed by atoms with E-state index in [0.717, 1.165) is 5.56 Å². The molecule has 0 heterocycles. The third kappa shape index (κ3) is 4.48. The molecule has 0 unspecified atom stereocenters. The van der Waals surface area contributed by atoms with Gasteiger partial charge in [-0.15, -0.1) is 0 Å². The summed E-state index contributed by atoms with van der Waals surface area (Å²) in [5, 5.41) is 10.1. The zero-order valence-corrected chi connectivity index (χ0v) is 15.0. The van der Waals surface area contributed by atoms with Gasteiger partial charge in [0.1, 0.15) is 5.75 Å². The van der Waals surface area contributed by atoms with Crippen LogP contribution in [0.1, 0.15) is 18.4 Å². The maximum atomic E-state index is 12.5. The van der Waals surface area contributed by atoms with Crippen LogP contribution < -0.4 is 9.46 Å². The first-order valence-corrected chi connectivity index (χ1v) is 9.26. The van der Waals surface area contributed by atoms with Crippen molar-refractivity contribution in [3.8, 4) is 5.75 Å². The number of nitrogens with one attached hydrogen (secondary N) is 1. The van der Waals surface area contributed by atoms with Crippen molar-refractivity contribution in [3.05, 3.63) is 59.1 Å². The fourth-order valence-electron chi connectivity index (χ4n) is 2.32. The molecule has 0 amide bonds. The molecule has 7 heteroatoms. The first-order valence-electron chi connectivity index (χ1n) is 7.40. The van der Waals surface area contributed by atoms with Gasteiger partial charge in [-0.25, -0.2) is 13.1 Å². The van der Waals surface area contributed by atoms with Gasteiger partial charge in [-0.2, -0.15) is 0 Å². The van der Waals surface area contributed by atoms with E-state index in [-0.39, 0.29) is 17.4 Å². The maximum Gasteiger partial charge on any atom is 0.240 e. The van der Waals surface area contributed by atoms with E-state index < -0.39 is 16.1 Å². The Morgan fingerprint density at radius 1 is 1.12 bits per heavy atom. The summed E-state index contributed by atoms with van der Waals surface area (Å²) >= 11 is 5.78. The number of sulfonamides is 1. The van der Waals surface area contributed by atoms with Crippen LogP contribution in [0.25, 0.3) is 0 Å². The summed E-state index contributed by atoms with van der Waals surface area (Å²) in [6, 6.07) is 12.5. The van der Waals surface area contributed by atoms with Crippen LogP contribution in [0.15, 0.2) is 53.4 Å². The molecular weight excluding hydrogens is 350 g/mol. The van der Waals surface area contributed by atoms with Gasteiger partial charge in [0, 0.05) is 5.02 Å². The number of hydrogen-bond acceptors (Lipinski definition) is 4. The van der Waals surface area contributed by atoms with E-state index >= 15 is 0 Å². The Hall–Kier alpha value is -1.60. The molecule has 2 atom stereocenters. The number of aliphatic hydroxyl groups is 1. The molecule has 5 nitrogen and oxygen atoms in total. The van der Waals surface area contributed by atoms with Gasteiger partial charge in [0.25, 0.3) is 0 Å². The van der Waals surface area contributed by atoms with E-state index in [1.165, 1.54) is 24.3 Å². The average molecular weight is 370 g/mol. The second-order valence-corrected chi connectivity index (χ2v) is 7.58. The molecule has 0 saturated heterocycles. The molecule has 2 N–H and O–H groups in total. The summed E-state index contributed by atoms with van der Waals surface area (Å²) in [5.41, 5.74) is 0.897. The lowest BCUT2D eigenvalue weighted by molar-refractivity contribution is 0.242. The summed E-state index contributed by atoms with van der Waals surface area (Å²) in [7, 11) is -2.17. The Morgan fingerprint density at radius 2 is 1.71 bits per heavy atom. The van der Waals surface area contributed by atoms with Crippen LogP contribution in [0.5, 0.6) is 5.75 Å². The number of rotatable bonds is 7. The fourth-order valence-corrected chi connectivity index (χ4v) is 3.75. The second kappa shape index (κ2) is 7.98. The molecule has 0 saturated carbocycles. The SMILES string of the molecule is COc1ccc([C@@H](C)[C@@H](CO)NS(=O)(=O)c2ccc(Cl)cc2)cc1. The van der Waals surface area contributed by atoms with E-state index in [1.54, 1.807) is 19.2 Å². The summed E-state index contributed by atoms with van der Waals surface area (Å²) in [6.07, 6.45) is 0. The van der Waals surface area contributed by atoms with Crippen LogP contribution in [0.2, 0.25) is 5.02 Å². The smallest absolute Gasteiger partial charge is 0.240 e. The summed E-state index contributed by atoms with van der Waals surface area (Å²) in [4.78, 5) is 0.104. The van der Waals surface area contributed by atoms with Gasteiger partial charge in [-0.05, 0) is 47.9 Å². The monoisotopic (exact) mass is 369 g/mol. The van der Waals surface area contributed by atoms with Gasteiger partial charge >= 0.3 is 0 Å². The molecule has 0 aliphatic rings. The first kappa shape index (κ1) is 18.7. The van der Waals surface area contributed by atoms with Crippen molar-refractivity contribution in [1.29, 1.82) is 0 Å². The molecule has 0 radical (unpaired) electrons. The molecule has 0 fully saturated rings. The van der Waals surface area contributed by atoms with Crippen molar-refractivity contribution >= 4 is 21.6 Å². The van der Waals surface area contributed by atoms with E-state index in [1.807, 2.05) is 19.1 Å². The Labute approximate surface area is 147 Å². The minimum Gasteiger partial charge on any atom is -0.497 e. The quantitative estimate of drug-likeness (QED) is 0.786. The molecule has 0 aliphatic heterocycles. The Kier molecular flexibility index (Phi) is 6.23. The van der Waals surface area contributed by atoms with Crippen molar-refractivity contribution in [3.63, 3.8) is 0 Å². The second-order valence-electron chi connectivity index (χ2n) is 5.43. The van der Waals surface area contributed by atoms with Crippen LogP contribution in [0.3, 0.4) is 0 Å². The summed E-state index contributed by atoms with van der Waals surface area (Å²) in [6.45, 7) is 1.53. The van der Waals surface area contributed by atoms with Crippen LogP contribution >= 0.6 is 11.6 Å². The van der Waals surface area contributed by atoms with E-state index in [0.29, 0.717) is 10.8 Å². The zero-order chi connectivity index (χ0) is 17.7. The highest BCUT2D eigenvalue weighted by atomic mass is 35.5. The summed E-state index contributed by atoms with van der Waals surface area (Å²) in [5.74, 6) is 0.497. The Balaban J connectivity index is 2.19. The van der Waals surface area contributed by atoms with E-state index in [9.17, 15) is 13.5 Å². The molecule has 0 spiro atoms. The highest BCUT2D eigenvalue weighted by molar-refractivity contribution is 7.89. The van der Waals surface area contributed by atoms with Crippen molar-refractivity contribution in [2.45, 2.75) is 23.8 Å². The lowest BCUT2D eigenvalue weighted by Crippen LogP contribution is -2.41. The van der Waals surface area contributed by atoms with Gasteiger partial charge in [0.05, 0.1) is 24.7 Å². The zero-order valence-electron chi connectivity index (χ0n) is 13.4. The van der Waals surface area contributed by atoms with Crippen LogP contribution in [0.4, 0.5) is 0 Å². The predicted octanol–water partition coefficient (Wildman–Crippen LogP) is 2.79. The van der Waals surface area contributed by atoms with Gasteiger partial charge < -0.3 is 9.84 Å². The molecule has 2 aromatic carbocycles. The maximum absolute atomic E-state index is 12.5. The lowest BCUT2D eigenvalue weighted by atomic mass is 9.94. The highest BCUT2D eigenvalue weighted by Crippen LogP contribution is 2.23. The van der Waals surface area contributed by atoms with Crippen LogP contribution in [-0.2, 0) is 10.0 Å².